The number of amides is 1. The van der Waals surface area contributed by atoms with Crippen molar-refractivity contribution in [3.63, 3.8) is 0 Å². The number of rotatable bonds is 8. The van der Waals surface area contributed by atoms with Crippen molar-refractivity contribution < 1.29 is 19.4 Å². The van der Waals surface area contributed by atoms with Gasteiger partial charge in [-0.25, -0.2) is 19.7 Å². The average Bonchev–Trinajstić information content (AvgIpc) is 3.24. The Bertz CT molecular complexity index is 1350. The number of nitrogen functional groups attached to an aromatic ring is 1. The van der Waals surface area contributed by atoms with Gasteiger partial charge in [0.1, 0.15) is 29.0 Å². The lowest BCUT2D eigenvalue weighted by atomic mass is 10.2. The second-order valence-corrected chi connectivity index (χ2v) is 8.23. The number of nitrogens with one attached hydrogen (secondary N) is 2. The van der Waals surface area contributed by atoms with Crippen LogP contribution < -0.4 is 20.7 Å². The number of anilines is 2. The molecule has 2 aromatic heterocycles. The number of aliphatic carboxylic acids is 1. The number of nitrogens with zero attached hydrogens (tertiary/aromatic N) is 3. The van der Waals surface area contributed by atoms with Gasteiger partial charge in [-0.05, 0) is 48.5 Å². The molecule has 1 amide bonds. The van der Waals surface area contributed by atoms with Crippen LogP contribution in [0.1, 0.15) is 10.6 Å². The average molecular weight is 549 g/mol. The Morgan fingerprint density at radius 1 is 1.11 bits per heavy atom. The van der Waals surface area contributed by atoms with Gasteiger partial charge in [0.05, 0.1) is 16.8 Å². The molecule has 2 heterocycles. The standard InChI is InChI=1S/C23H20N6O4S.2ClH/c24-22(25)14-4-6-15(7-5-14)27-12-20-28-17-11-16(8-9-18(17)34-20)33-23(32)29(13-21(30)31)19-3-1-2-10-26-19;;/h1-11,27H,12-13H2,(H3,24,25)(H,30,31);2*1H. The number of halogens is 2. The zero-order valence-electron chi connectivity index (χ0n) is 18.6. The fourth-order valence-corrected chi connectivity index (χ4v) is 3.97. The SMILES string of the molecule is Cl.Cl.N=C(N)c1ccc(NCc2nc3cc(OC(=O)N(CC(=O)O)c4ccccn4)ccc3s2)cc1. The molecule has 4 aromatic rings. The number of carbonyl (C=O) groups is 2. The quantitative estimate of drug-likeness (QED) is 0.185. The number of carboxylic acid groups (broad SMARTS) is 1. The van der Waals surface area contributed by atoms with Gasteiger partial charge in [0.25, 0.3) is 0 Å². The fraction of sp³-hybridized carbons (Fsp3) is 0.0870. The number of nitrogens with two attached hydrogens (primary N) is 1. The van der Waals surface area contributed by atoms with Crippen LogP contribution in [0.5, 0.6) is 5.75 Å². The Hall–Kier alpha value is -3.93. The molecule has 0 unspecified atom stereocenters. The van der Waals surface area contributed by atoms with Crippen LogP contribution in [0.3, 0.4) is 0 Å². The van der Waals surface area contributed by atoms with Crippen molar-refractivity contribution in [3.05, 3.63) is 77.4 Å². The minimum absolute atomic E-state index is 0. The molecule has 0 saturated heterocycles. The predicted octanol–water partition coefficient (Wildman–Crippen LogP) is 4.52. The first-order chi connectivity index (χ1) is 16.4. The Balaban J connectivity index is 0.00000228. The number of fused-ring (bicyclic) bond motifs is 1. The molecule has 0 fully saturated rings. The summed E-state index contributed by atoms with van der Waals surface area (Å²) in [6.45, 7) is -0.0992. The van der Waals surface area contributed by atoms with E-state index in [0.29, 0.717) is 17.6 Å². The number of hydrogen-bond donors (Lipinski definition) is 4. The molecule has 2 aromatic carbocycles. The van der Waals surface area contributed by atoms with Crippen LogP contribution in [0.25, 0.3) is 10.2 Å². The summed E-state index contributed by atoms with van der Waals surface area (Å²) in [5.41, 5.74) is 7.65. The van der Waals surface area contributed by atoms with E-state index in [1.807, 2.05) is 12.1 Å². The van der Waals surface area contributed by atoms with Crippen molar-refractivity contribution in [2.24, 2.45) is 5.73 Å². The molecule has 0 saturated carbocycles. The smallest absolute Gasteiger partial charge is 0.421 e. The molecule has 10 nitrogen and oxygen atoms in total. The predicted molar refractivity (Wildman–Crippen MR) is 144 cm³/mol. The Morgan fingerprint density at radius 2 is 1.86 bits per heavy atom. The van der Waals surface area contributed by atoms with Gasteiger partial charge in [-0.15, -0.1) is 36.2 Å². The van der Waals surface area contributed by atoms with E-state index in [1.54, 1.807) is 42.5 Å². The fourth-order valence-electron chi connectivity index (χ4n) is 3.08. The Kier molecular flexibility index (Phi) is 9.97. The molecule has 0 spiro atoms. The van der Waals surface area contributed by atoms with Crippen molar-refractivity contribution in [3.8, 4) is 5.75 Å². The van der Waals surface area contributed by atoms with Crippen LogP contribution >= 0.6 is 36.2 Å². The van der Waals surface area contributed by atoms with Crippen molar-refractivity contribution in [1.82, 2.24) is 9.97 Å². The lowest BCUT2D eigenvalue weighted by Crippen LogP contribution is -2.38. The summed E-state index contributed by atoms with van der Waals surface area (Å²) in [5, 5.41) is 20.7. The number of benzene rings is 2. The summed E-state index contributed by atoms with van der Waals surface area (Å²) in [5.74, 6) is -0.756. The van der Waals surface area contributed by atoms with Crippen molar-refractivity contribution in [1.29, 1.82) is 5.41 Å². The maximum absolute atomic E-state index is 12.7. The number of hydrogen-bond acceptors (Lipinski definition) is 8. The summed E-state index contributed by atoms with van der Waals surface area (Å²) in [6, 6.07) is 17.1. The maximum Gasteiger partial charge on any atom is 0.421 e. The lowest BCUT2D eigenvalue weighted by Gasteiger charge is -2.18. The Morgan fingerprint density at radius 3 is 2.50 bits per heavy atom. The van der Waals surface area contributed by atoms with Crippen molar-refractivity contribution >= 4 is 75.8 Å². The van der Waals surface area contributed by atoms with Gasteiger partial charge < -0.3 is 20.9 Å². The summed E-state index contributed by atoms with van der Waals surface area (Å²) >= 11 is 1.50. The lowest BCUT2D eigenvalue weighted by molar-refractivity contribution is -0.135. The summed E-state index contributed by atoms with van der Waals surface area (Å²) in [6.07, 6.45) is 0.609. The molecular weight excluding hydrogens is 527 g/mol. The zero-order chi connectivity index (χ0) is 24.1. The van der Waals surface area contributed by atoms with Gasteiger partial charge in [0, 0.05) is 23.5 Å². The first kappa shape index (κ1) is 28.3. The molecule has 0 radical (unpaired) electrons. The number of ether oxygens (including phenoxy) is 1. The van der Waals surface area contributed by atoms with E-state index >= 15 is 0 Å². The van der Waals surface area contributed by atoms with Gasteiger partial charge in [0.15, 0.2) is 0 Å². The van der Waals surface area contributed by atoms with Gasteiger partial charge in [0.2, 0.25) is 0 Å². The zero-order valence-corrected chi connectivity index (χ0v) is 21.0. The van der Waals surface area contributed by atoms with E-state index < -0.39 is 18.6 Å². The highest BCUT2D eigenvalue weighted by Crippen LogP contribution is 2.27. The topological polar surface area (TPSA) is 155 Å². The van der Waals surface area contributed by atoms with Crippen LogP contribution in [0.4, 0.5) is 16.3 Å². The number of amidine groups is 1. The molecular formula is C23H22Cl2N6O4S. The number of carboxylic acids is 1. The third-order valence-corrected chi connectivity index (χ3v) is 5.72. The highest BCUT2D eigenvalue weighted by molar-refractivity contribution is 7.18. The Labute approximate surface area is 222 Å². The molecule has 0 aliphatic rings. The molecule has 4 rings (SSSR count). The van der Waals surface area contributed by atoms with E-state index in [0.717, 1.165) is 20.3 Å². The van der Waals surface area contributed by atoms with E-state index in [-0.39, 0.29) is 42.2 Å². The molecule has 36 heavy (non-hydrogen) atoms. The molecule has 13 heteroatoms. The monoisotopic (exact) mass is 548 g/mol. The third kappa shape index (κ3) is 7.04. The van der Waals surface area contributed by atoms with Gasteiger partial charge in [-0.3, -0.25) is 10.2 Å². The molecule has 5 N–H and O–H groups in total. The van der Waals surface area contributed by atoms with Crippen LogP contribution in [0.2, 0.25) is 0 Å². The van der Waals surface area contributed by atoms with E-state index in [4.69, 9.17) is 21.0 Å². The van der Waals surface area contributed by atoms with Crippen LogP contribution in [0, 0.1) is 5.41 Å². The molecule has 0 aliphatic heterocycles. The summed E-state index contributed by atoms with van der Waals surface area (Å²) in [4.78, 5) is 33.5. The second kappa shape index (κ2) is 12.7. The molecule has 0 aliphatic carbocycles. The van der Waals surface area contributed by atoms with Crippen molar-refractivity contribution in [2.75, 3.05) is 16.8 Å². The van der Waals surface area contributed by atoms with Gasteiger partial charge in [-0.1, -0.05) is 6.07 Å². The maximum atomic E-state index is 12.7. The van der Waals surface area contributed by atoms with E-state index in [2.05, 4.69) is 15.3 Å². The van der Waals surface area contributed by atoms with E-state index in [1.165, 1.54) is 23.6 Å². The highest BCUT2D eigenvalue weighted by atomic mass is 35.5. The van der Waals surface area contributed by atoms with E-state index in [9.17, 15) is 9.59 Å². The normalized spacial score (nSPS) is 10.0. The summed E-state index contributed by atoms with van der Waals surface area (Å²) in [7, 11) is 0. The first-order valence-electron chi connectivity index (χ1n) is 10.1. The number of pyridine rings is 1. The summed E-state index contributed by atoms with van der Waals surface area (Å²) < 4.78 is 6.33. The van der Waals surface area contributed by atoms with Crippen molar-refractivity contribution in [2.45, 2.75) is 6.54 Å². The van der Waals surface area contributed by atoms with Gasteiger partial charge >= 0.3 is 12.1 Å². The minimum atomic E-state index is -1.19. The number of carbonyl (C=O) groups excluding carboxylic acids is 1. The van der Waals surface area contributed by atoms with Crippen LogP contribution in [0.15, 0.2) is 66.9 Å². The molecule has 0 bridgehead atoms. The number of aromatic nitrogens is 2. The molecule has 188 valence electrons. The minimum Gasteiger partial charge on any atom is -0.480 e. The number of thiazole rings is 1. The van der Waals surface area contributed by atoms with Crippen LogP contribution in [-0.4, -0.2) is 39.5 Å². The van der Waals surface area contributed by atoms with Crippen LogP contribution in [-0.2, 0) is 11.3 Å². The highest BCUT2D eigenvalue weighted by Gasteiger charge is 2.22. The molecule has 0 atom stereocenters. The third-order valence-electron chi connectivity index (χ3n) is 4.69. The largest absolute Gasteiger partial charge is 0.480 e. The first-order valence-corrected chi connectivity index (χ1v) is 10.9. The second-order valence-electron chi connectivity index (χ2n) is 7.12. The van der Waals surface area contributed by atoms with Gasteiger partial charge in [-0.2, -0.15) is 0 Å².